The van der Waals surface area contributed by atoms with Crippen molar-refractivity contribution in [3.63, 3.8) is 0 Å². The van der Waals surface area contributed by atoms with E-state index in [9.17, 15) is 0 Å². The summed E-state index contributed by atoms with van der Waals surface area (Å²) in [5, 5.41) is 0. The van der Waals surface area contributed by atoms with Gasteiger partial charge in [-0.2, -0.15) is 0 Å². The van der Waals surface area contributed by atoms with E-state index in [0.29, 0.717) is 6.04 Å². The van der Waals surface area contributed by atoms with E-state index in [-0.39, 0.29) is 0 Å². The lowest BCUT2D eigenvalue weighted by atomic mass is 9.76. The highest BCUT2D eigenvalue weighted by atomic mass is 14.6. The molecule has 0 radical (unpaired) electrons. The fourth-order valence-corrected chi connectivity index (χ4v) is 3.43. The number of hydrogen-bond acceptors (Lipinski definition) is 1. The Kier molecular flexibility index (Phi) is 4.45. The molecule has 1 nitrogen and oxygen atoms in total. The molecule has 1 atom stereocenters. The molecular formula is C15H27N. The van der Waals surface area contributed by atoms with Gasteiger partial charge in [-0.3, -0.25) is 0 Å². The molecule has 2 aliphatic rings. The van der Waals surface area contributed by atoms with E-state index < -0.39 is 0 Å². The molecule has 2 N–H and O–H groups in total. The molecule has 16 heavy (non-hydrogen) atoms. The van der Waals surface area contributed by atoms with Crippen molar-refractivity contribution >= 4 is 0 Å². The number of nitrogens with two attached hydrogens (primary N) is 1. The largest absolute Gasteiger partial charge is 0.324 e. The zero-order valence-electron chi connectivity index (χ0n) is 10.8. The summed E-state index contributed by atoms with van der Waals surface area (Å²) in [6.07, 6.45) is 14.8. The minimum absolute atomic E-state index is 0.349. The number of allylic oxidation sites excluding steroid dienone is 1. The maximum atomic E-state index is 6.11. The molecule has 0 saturated heterocycles. The van der Waals surface area contributed by atoms with Gasteiger partial charge in [0.15, 0.2) is 0 Å². The standard InChI is InChI=1S/C15H27N/c1-2-12-7-9-13(10-8-12)14-5-3-4-6-15(16)11-14/h11-13,15H,2-10,16H2,1H3. The van der Waals surface area contributed by atoms with Crippen LogP contribution >= 0.6 is 0 Å². The highest BCUT2D eigenvalue weighted by Crippen LogP contribution is 2.37. The molecule has 1 saturated carbocycles. The maximum absolute atomic E-state index is 6.11. The average Bonchev–Trinajstić information content (AvgIpc) is 2.54. The highest BCUT2D eigenvalue weighted by Gasteiger charge is 2.23. The molecule has 0 amide bonds. The van der Waals surface area contributed by atoms with Gasteiger partial charge >= 0.3 is 0 Å². The lowest BCUT2D eigenvalue weighted by molar-refractivity contribution is 0.291. The first-order valence-corrected chi connectivity index (χ1v) is 7.25. The first-order valence-electron chi connectivity index (χ1n) is 7.25. The van der Waals surface area contributed by atoms with Crippen LogP contribution < -0.4 is 5.73 Å². The van der Waals surface area contributed by atoms with Gasteiger partial charge in [0.1, 0.15) is 0 Å². The summed E-state index contributed by atoms with van der Waals surface area (Å²) in [7, 11) is 0. The van der Waals surface area contributed by atoms with Crippen LogP contribution in [0.25, 0.3) is 0 Å². The Morgan fingerprint density at radius 3 is 2.56 bits per heavy atom. The van der Waals surface area contributed by atoms with Crippen LogP contribution in [0.3, 0.4) is 0 Å². The minimum Gasteiger partial charge on any atom is -0.324 e. The summed E-state index contributed by atoms with van der Waals surface area (Å²) in [5.41, 5.74) is 7.82. The molecule has 0 heterocycles. The zero-order valence-corrected chi connectivity index (χ0v) is 10.8. The average molecular weight is 221 g/mol. The predicted molar refractivity (Wildman–Crippen MR) is 70.3 cm³/mol. The van der Waals surface area contributed by atoms with Gasteiger partial charge in [0.05, 0.1) is 0 Å². The van der Waals surface area contributed by atoms with Gasteiger partial charge in [-0.05, 0) is 56.8 Å². The Bertz CT molecular complexity index is 236. The quantitative estimate of drug-likeness (QED) is 0.700. The van der Waals surface area contributed by atoms with Crippen LogP contribution in [0.4, 0.5) is 0 Å². The molecule has 1 unspecified atom stereocenters. The third-order valence-electron chi connectivity index (χ3n) is 4.63. The van der Waals surface area contributed by atoms with Gasteiger partial charge in [-0.25, -0.2) is 0 Å². The highest BCUT2D eigenvalue weighted by molar-refractivity contribution is 5.12. The zero-order chi connectivity index (χ0) is 11.4. The third kappa shape index (κ3) is 3.10. The van der Waals surface area contributed by atoms with E-state index in [1.54, 1.807) is 5.57 Å². The van der Waals surface area contributed by atoms with Crippen molar-refractivity contribution in [3.8, 4) is 0 Å². The Labute approximate surface area is 100 Å². The van der Waals surface area contributed by atoms with Gasteiger partial charge in [0.2, 0.25) is 0 Å². The second kappa shape index (κ2) is 5.86. The molecule has 0 aromatic rings. The topological polar surface area (TPSA) is 26.0 Å². The van der Waals surface area contributed by atoms with Crippen molar-refractivity contribution in [2.75, 3.05) is 0 Å². The molecular weight excluding hydrogens is 194 g/mol. The lowest BCUT2D eigenvalue weighted by Gasteiger charge is -2.29. The van der Waals surface area contributed by atoms with E-state index in [0.717, 1.165) is 11.8 Å². The summed E-state index contributed by atoms with van der Waals surface area (Å²) < 4.78 is 0. The van der Waals surface area contributed by atoms with E-state index >= 15 is 0 Å². The van der Waals surface area contributed by atoms with Crippen molar-refractivity contribution in [2.45, 2.75) is 70.8 Å². The van der Waals surface area contributed by atoms with Crippen LogP contribution in [0, 0.1) is 11.8 Å². The van der Waals surface area contributed by atoms with Crippen LogP contribution in [0.1, 0.15) is 64.7 Å². The Balaban J connectivity index is 1.92. The summed E-state index contributed by atoms with van der Waals surface area (Å²) >= 11 is 0. The second-order valence-corrected chi connectivity index (χ2v) is 5.78. The van der Waals surface area contributed by atoms with Crippen LogP contribution in [-0.4, -0.2) is 6.04 Å². The van der Waals surface area contributed by atoms with Crippen LogP contribution in [0.15, 0.2) is 11.6 Å². The molecule has 2 aliphatic carbocycles. The summed E-state index contributed by atoms with van der Waals surface area (Å²) in [5.74, 6) is 1.89. The van der Waals surface area contributed by atoms with Gasteiger partial charge in [-0.15, -0.1) is 0 Å². The summed E-state index contributed by atoms with van der Waals surface area (Å²) in [6, 6.07) is 0.349. The Morgan fingerprint density at radius 2 is 1.88 bits per heavy atom. The molecule has 1 fully saturated rings. The van der Waals surface area contributed by atoms with Crippen molar-refractivity contribution < 1.29 is 0 Å². The molecule has 0 aromatic heterocycles. The lowest BCUT2D eigenvalue weighted by Crippen LogP contribution is -2.19. The van der Waals surface area contributed by atoms with Gasteiger partial charge < -0.3 is 5.73 Å². The van der Waals surface area contributed by atoms with Crippen LogP contribution in [-0.2, 0) is 0 Å². The van der Waals surface area contributed by atoms with Crippen LogP contribution in [0.5, 0.6) is 0 Å². The minimum atomic E-state index is 0.349. The van der Waals surface area contributed by atoms with Gasteiger partial charge in [0.25, 0.3) is 0 Å². The maximum Gasteiger partial charge on any atom is 0.0226 e. The monoisotopic (exact) mass is 221 g/mol. The van der Waals surface area contributed by atoms with E-state index in [1.165, 1.54) is 57.8 Å². The van der Waals surface area contributed by atoms with Crippen molar-refractivity contribution in [1.29, 1.82) is 0 Å². The number of hydrogen-bond donors (Lipinski definition) is 1. The third-order valence-corrected chi connectivity index (χ3v) is 4.63. The fraction of sp³-hybridized carbons (Fsp3) is 0.867. The van der Waals surface area contributed by atoms with Crippen molar-refractivity contribution in [3.05, 3.63) is 11.6 Å². The Hall–Kier alpha value is -0.300. The van der Waals surface area contributed by atoms with E-state index in [1.807, 2.05) is 0 Å². The molecule has 1 heteroatoms. The van der Waals surface area contributed by atoms with Gasteiger partial charge in [-0.1, -0.05) is 31.4 Å². The van der Waals surface area contributed by atoms with E-state index in [2.05, 4.69) is 13.0 Å². The first kappa shape index (κ1) is 12.2. The molecule has 0 aromatic carbocycles. The van der Waals surface area contributed by atoms with E-state index in [4.69, 9.17) is 5.73 Å². The molecule has 0 aliphatic heterocycles. The smallest absolute Gasteiger partial charge is 0.0226 e. The second-order valence-electron chi connectivity index (χ2n) is 5.78. The molecule has 0 spiro atoms. The molecule has 0 bridgehead atoms. The predicted octanol–water partition coefficient (Wildman–Crippen LogP) is 4.03. The SMILES string of the molecule is CCC1CCC(C2=CC(N)CCCC2)CC1. The normalized spacial score (nSPS) is 36.6. The Morgan fingerprint density at radius 1 is 1.12 bits per heavy atom. The van der Waals surface area contributed by atoms with Crippen LogP contribution in [0.2, 0.25) is 0 Å². The van der Waals surface area contributed by atoms with Crippen molar-refractivity contribution in [2.24, 2.45) is 17.6 Å². The molecule has 92 valence electrons. The summed E-state index contributed by atoms with van der Waals surface area (Å²) in [4.78, 5) is 0. The number of rotatable bonds is 2. The van der Waals surface area contributed by atoms with Gasteiger partial charge in [0, 0.05) is 6.04 Å². The van der Waals surface area contributed by atoms with Crippen molar-refractivity contribution in [1.82, 2.24) is 0 Å². The fourth-order valence-electron chi connectivity index (χ4n) is 3.43. The summed E-state index contributed by atoms with van der Waals surface area (Å²) in [6.45, 7) is 2.34. The molecule has 2 rings (SSSR count). The first-order chi connectivity index (χ1) is 7.79.